The molecule has 0 radical (unpaired) electrons. The smallest absolute Gasteiger partial charge is 0.322 e. The third-order valence-corrected chi connectivity index (χ3v) is 8.52. The highest BCUT2D eigenvalue weighted by Crippen LogP contribution is 2.15. The van der Waals surface area contributed by atoms with E-state index in [2.05, 4.69) is 49.5 Å². The Balaban J connectivity index is 4.10. The molecule has 0 saturated heterocycles. The second-order valence-electron chi connectivity index (χ2n) is 13.2. The van der Waals surface area contributed by atoms with Crippen LogP contribution in [0, 0.1) is 0 Å². The van der Waals surface area contributed by atoms with E-state index < -0.39 is 5.97 Å². The zero-order valence-corrected chi connectivity index (χ0v) is 30.6. The number of carbonyl (C=O) groups is 3. The van der Waals surface area contributed by atoms with Gasteiger partial charge in [0.25, 0.3) is 0 Å². The van der Waals surface area contributed by atoms with Crippen LogP contribution in [0.15, 0.2) is 36.5 Å². The van der Waals surface area contributed by atoms with Gasteiger partial charge in [0.15, 0.2) is 0 Å². The molecule has 0 aromatic heterocycles. The first-order chi connectivity index (χ1) is 23.0. The SMILES string of the molecule is CCCCC/C=C\C/C=C\C(CCCCCCC(=O)NCC(=O)O)OC(=O)CCCCCCCCC/C=C\CCCCCCCCC. The van der Waals surface area contributed by atoms with Crippen LogP contribution in [0.4, 0.5) is 0 Å². The number of aliphatic carboxylic acids is 1. The Labute approximate surface area is 289 Å². The number of amides is 1. The van der Waals surface area contributed by atoms with Crippen LogP contribution in [0.5, 0.6) is 0 Å². The number of hydrogen-bond donors (Lipinski definition) is 2. The minimum absolute atomic E-state index is 0.104. The third-order valence-electron chi connectivity index (χ3n) is 8.52. The minimum atomic E-state index is -1.03. The predicted molar refractivity (Wildman–Crippen MR) is 199 cm³/mol. The van der Waals surface area contributed by atoms with Crippen molar-refractivity contribution in [3.05, 3.63) is 36.5 Å². The highest BCUT2D eigenvalue weighted by molar-refractivity contribution is 5.80. The number of nitrogens with one attached hydrogen (secondary N) is 1. The highest BCUT2D eigenvalue weighted by Gasteiger charge is 2.12. The molecule has 0 fully saturated rings. The van der Waals surface area contributed by atoms with Gasteiger partial charge < -0.3 is 15.2 Å². The molecule has 0 aliphatic heterocycles. The van der Waals surface area contributed by atoms with Crippen LogP contribution in [0.3, 0.4) is 0 Å². The molecule has 0 saturated carbocycles. The van der Waals surface area contributed by atoms with Gasteiger partial charge in [0.05, 0.1) is 0 Å². The van der Waals surface area contributed by atoms with Crippen molar-refractivity contribution < 1.29 is 24.2 Å². The van der Waals surface area contributed by atoms with E-state index in [9.17, 15) is 14.4 Å². The lowest BCUT2D eigenvalue weighted by Crippen LogP contribution is -2.28. The molecule has 0 rings (SSSR count). The maximum absolute atomic E-state index is 12.6. The number of rotatable bonds is 35. The van der Waals surface area contributed by atoms with Gasteiger partial charge in [0.1, 0.15) is 12.6 Å². The molecular weight excluding hydrogens is 586 g/mol. The number of carbonyl (C=O) groups excluding carboxylic acids is 2. The molecule has 47 heavy (non-hydrogen) atoms. The van der Waals surface area contributed by atoms with Gasteiger partial charge in [0.2, 0.25) is 5.91 Å². The van der Waals surface area contributed by atoms with Crippen LogP contribution in [0.25, 0.3) is 0 Å². The van der Waals surface area contributed by atoms with Crippen molar-refractivity contribution in [2.75, 3.05) is 6.54 Å². The van der Waals surface area contributed by atoms with Crippen molar-refractivity contribution in [1.29, 1.82) is 0 Å². The molecule has 0 aromatic carbocycles. The number of unbranched alkanes of at least 4 members (excludes halogenated alkanes) is 20. The van der Waals surface area contributed by atoms with E-state index >= 15 is 0 Å². The summed E-state index contributed by atoms with van der Waals surface area (Å²) in [6.07, 6.45) is 44.3. The van der Waals surface area contributed by atoms with E-state index in [0.717, 1.165) is 57.8 Å². The molecule has 272 valence electrons. The van der Waals surface area contributed by atoms with Gasteiger partial charge in [-0.05, 0) is 76.7 Å². The van der Waals surface area contributed by atoms with Gasteiger partial charge in [-0.2, -0.15) is 0 Å². The number of carboxylic acid groups (broad SMARTS) is 1. The van der Waals surface area contributed by atoms with E-state index in [-0.39, 0.29) is 24.5 Å². The lowest BCUT2D eigenvalue weighted by molar-refractivity contribution is -0.147. The normalized spacial score (nSPS) is 12.4. The van der Waals surface area contributed by atoms with Crippen LogP contribution in [0.2, 0.25) is 0 Å². The Morgan fingerprint density at radius 3 is 1.64 bits per heavy atom. The summed E-state index contributed by atoms with van der Waals surface area (Å²) in [7, 11) is 0. The molecular formula is C41H73NO5. The summed E-state index contributed by atoms with van der Waals surface area (Å²) >= 11 is 0. The Hall–Kier alpha value is -2.37. The predicted octanol–water partition coefficient (Wildman–Crippen LogP) is 11.7. The summed E-state index contributed by atoms with van der Waals surface area (Å²) < 4.78 is 5.87. The third kappa shape index (κ3) is 36.3. The molecule has 0 aliphatic carbocycles. The molecule has 1 unspecified atom stereocenters. The zero-order chi connectivity index (χ0) is 34.5. The minimum Gasteiger partial charge on any atom is -0.480 e. The molecule has 0 aliphatic rings. The quantitative estimate of drug-likeness (QED) is 0.0401. The fourth-order valence-electron chi connectivity index (χ4n) is 5.58. The number of ether oxygens (including phenoxy) is 1. The van der Waals surface area contributed by atoms with Gasteiger partial charge in [-0.3, -0.25) is 14.4 Å². The first kappa shape index (κ1) is 44.6. The van der Waals surface area contributed by atoms with Crippen molar-refractivity contribution in [2.24, 2.45) is 0 Å². The van der Waals surface area contributed by atoms with E-state index in [1.54, 1.807) is 0 Å². The Kier molecular flexibility index (Phi) is 34.6. The van der Waals surface area contributed by atoms with Gasteiger partial charge in [-0.15, -0.1) is 0 Å². The van der Waals surface area contributed by atoms with E-state index in [0.29, 0.717) is 12.8 Å². The Morgan fingerprint density at radius 2 is 1.04 bits per heavy atom. The van der Waals surface area contributed by atoms with Crippen molar-refractivity contribution in [3.8, 4) is 0 Å². The second kappa shape index (κ2) is 36.5. The summed E-state index contributed by atoms with van der Waals surface area (Å²) in [6, 6.07) is 0. The van der Waals surface area contributed by atoms with Crippen molar-refractivity contribution >= 4 is 17.8 Å². The number of hydrogen-bond acceptors (Lipinski definition) is 4. The van der Waals surface area contributed by atoms with Gasteiger partial charge in [0, 0.05) is 12.8 Å². The monoisotopic (exact) mass is 660 g/mol. The average molecular weight is 660 g/mol. The van der Waals surface area contributed by atoms with Crippen LogP contribution < -0.4 is 5.32 Å². The second-order valence-corrected chi connectivity index (χ2v) is 13.2. The largest absolute Gasteiger partial charge is 0.480 e. The molecule has 6 heteroatoms. The molecule has 0 heterocycles. The average Bonchev–Trinajstić information content (AvgIpc) is 3.05. The van der Waals surface area contributed by atoms with Crippen LogP contribution in [-0.4, -0.2) is 35.6 Å². The molecule has 6 nitrogen and oxygen atoms in total. The van der Waals surface area contributed by atoms with Crippen molar-refractivity contribution in [1.82, 2.24) is 5.32 Å². The zero-order valence-electron chi connectivity index (χ0n) is 30.6. The summed E-state index contributed by atoms with van der Waals surface area (Å²) in [5.74, 6) is -1.35. The van der Waals surface area contributed by atoms with Crippen LogP contribution in [0.1, 0.15) is 194 Å². The standard InChI is InChI=1S/C41H73NO5/c1-3-5-7-9-11-13-14-15-16-17-18-19-20-21-22-24-26-32-36-41(46)47-38(33-29-25-23-12-10-8-6-4-2)34-30-27-28-31-35-39(43)42-37-40(44)45/h12,16-17,23,29,33,38H,3-11,13-15,18-22,24-28,30-32,34-37H2,1-2H3,(H,42,43)(H,44,45)/b17-16-,23-12-,33-29-. The molecule has 1 amide bonds. The first-order valence-electron chi connectivity index (χ1n) is 19.6. The summed E-state index contributed by atoms with van der Waals surface area (Å²) in [6.45, 7) is 4.16. The van der Waals surface area contributed by atoms with Gasteiger partial charge in [-0.1, -0.05) is 141 Å². The highest BCUT2D eigenvalue weighted by atomic mass is 16.5. The number of carboxylic acids is 1. The first-order valence-corrected chi connectivity index (χ1v) is 19.6. The fourth-order valence-corrected chi connectivity index (χ4v) is 5.58. The van der Waals surface area contributed by atoms with Gasteiger partial charge in [-0.25, -0.2) is 0 Å². The fraction of sp³-hybridized carbons (Fsp3) is 0.780. The molecule has 0 aromatic rings. The molecule has 2 N–H and O–H groups in total. The molecule has 0 spiro atoms. The van der Waals surface area contributed by atoms with Crippen LogP contribution in [-0.2, 0) is 19.1 Å². The van der Waals surface area contributed by atoms with E-state index in [1.807, 2.05) is 6.08 Å². The lowest BCUT2D eigenvalue weighted by Gasteiger charge is -2.14. The molecule has 1 atom stereocenters. The van der Waals surface area contributed by atoms with E-state index in [1.165, 1.54) is 109 Å². The Morgan fingerprint density at radius 1 is 0.574 bits per heavy atom. The van der Waals surface area contributed by atoms with Crippen molar-refractivity contribution in [2.45, 2.75) is 200 Å². The number of esters is 1. The van der Waals surface area contributed by atoms with E-state index in [4.69, 9.17) is 9.84 Å². The van der Waals surface area contributed by atoms with Crippen molar-refractivity contribution in [3.63, 3.8) is 0 Å². The maximum Gasteiger partial charge on any atom is 0.322 e. The lowest BCUT2D eigenvalue weighted by atomic mass is 10.1. The number of allylic oxidation sites excluding steroid dienone is 5. The van der Waals surface area contributed by atoms with Crippen LogP contribution >= 0.6 is 0 Å². The summed E-state index contributed by atoms with van der Waals surface area (Å²) in [5.41, 5.74) is 0. The van der Waals surface area contributed by atoms with Gasteiger partial charge >= 0.3 is 11.9 Å². The Bertz CT molecular complexity index is 819. The maximum atomic E-state index is 12.6. The summed E-state index contributed by atoms with van der Waals surface area (Å²) in [4.78, 5) is 34.9. The topological polar surface area (TPSA) is 92.7 Å². The molecule has 0 bridgehead atoms. The summed E-state index contributed by atoms with van der Waals surface area (Å²) in [5, 5.41) is 11.1.